The molecule has 0 saturated heterocycles. The number of rotatable bonds is 6. The van der Waals surface area contributed by atoms with E-state index in [4.69, 9.17) is 16.3 Å². The van der Waals surface area contributed by atoms with Gasteiger partial charge in [-0.1, -0.05) is 29.8 Å². The highest BCUT2D eigenvalue weighted by molar-refractivity contribution is 6.30. The third-order valence-corrected chi connectivity index (χ3v) is 5.73. The van der Waals surface area contributed by atoms with Crippen LogP contribution in [0.25, 0.3) is 5.52 Å². The number of carbonyl (C=O) groups excluding carboxylic acids is 1. The molecule has 0 radical (unpaired) electrons. The van der Waals surface area contributed by atoms with Gasteiger partial charge in [0.15, 0.2) is 5.75 Å². The van der Waals surface area contributed by atoms with E-state index in [0.717, 1.165) is 0 Å². The van der Waals surface area contributed by atoms with Crippen molar-refractivity contribution in [2.24, 2.45) is 0 Å². The number of amides is 1. The molecule has 0 bridgehead atoms. The lowest BCUT2D eigenvalue weighted by atomic mass is 10.1. The summed E-state index contributed by atoms with van der Waals surface area (Å²) < 4.78 is 7.35. The average molecular weight is 492 g/mol. The van der Waals surface area contributed by atoms with Crippen LogP contribution >= 0.6 is 11.6 Å². The maximum Gasteiger partial charge on any atom is 0.257 e. The maximum atomic E-state index is 13.0. The molecule has 36 heavy (non-hydrogen) atoms. The van der Waals surface area contributed by atoms with Crippen molar-refractivity contribution in [1.82, 2.24) is 9.61 Å². The number of ether oxygens (including phenoxy) is 1. The minimum Gasteiger partial charge on any atom is -0.448 e. The molecule has 2 aromatic heterocycles. The summed E-state index contributed by atoms with van der Waals surface area (Å²) in [5.74, 6) is 0.901. The van der Waals surface area contributed by atoms with Gasteiger partial charge in [0.1, 0.15) is 11.8 Å². The standard InChI is InChI=1S/C28H18ClN5O2/c1-18-25(28(35)33-22-9-7-20(29)8-10-22)17-34-27(18)26(19(15-30)16-31-34)32-21-11-13-24(14-12-21)36-23-5-3-2-4-6-23/h2-11,13,16-17,32H,1H3,(H,33,35). The monoisotopic (exact) mass is 491 g/mol. The summed E-state index contributed by atoms with van der Waals surface area (Å²) in [5.41, 5.74) is 3.73. The molecule has 8 heteroatoms. The third kappa shape index (κ3) is 4.65. The first-order chi connectivity index (χ1) is 17.5. The minimum atomic E-state index is -0.299. The zero-order valence-corrected chi connectivity index (χ0v) is 19.8. The molecule has 0 saturated carbocycles. The molecular formula is C28H18ClN5O2. The van der Waals surface area contributed by atoms with Crippen LogP contribution in [0.5, 0.6) is 11.5 Å². The first-order valence-electron chi connectivity index (χ1n) is 10.9. The number of nitrogens with zero attached hydrogens (tertiary/aromatic N) is 3. The van der Waals surface area contributed by atoms with E-state index in [1.165, 1.54) is 6.20 Å². The fourth-order valence-electron chi connectivity index (χ4n) is 3.71. The molecular weight excluding hydrogens is 474 g/mol. The quantitative estimate of drug-likeness (QED) is 0.281. The smallest absolute Gasteiger partial charge is 0.257 e. The fourth-order valence-corrected chi connectivity index (χ4v) is 3.84. The fraction of sp³-hybridized carbons (Fsp3) is 0.0357. The van der Waals surface area contributed by atoms with E-state index >= 15 is 0 Å². The van der Waals surface area contributed by atoms with Crippen LogP contribution in [0.15, 0.2) is 79.1 Å². The lowest BCUT2D eigenvalue weighted by Gasteiger charge is -2.10. The zero-order valence-electron chi connectivity index (χ0n) is 19.0. The number of benzene rings is 2. The van der Waals surface area contributed by atoms with E-state index in [1.807, 2.05) is 37.3 Å². The summed E-state index contributed by atoms with van der Waals surface area (Å²) >= 11 is 5.93. The van der Waals surface area contributed by atoms with Gasteiger partial charge < -0.3 is 15.4 Å². The molecule has 0 aliphatic rings. The number of hydrogen-bond donors (Lipinski definition) is 2. The Kier molecular flexibility index (Phi) is 6.15. The summed E-state index contributed by atoms with van der Waals surface area (Å²) in [5, 5.41) is 20.7. The van der Waals surface area contributed by atoms with Gasteiger partial charge in [-0.05, 0) is 73.2 Å². The highest BCUT2D eigenvalue weighted by Gasteiger charge is 2.20. The lowest BCUT2D eigenvalue weighted by molar-refractivity contribution is 0.102. The topological polar surface area (TPSA) is 91.5 Å². The second kappa shape index (κ2) is 9.71. The van der Waals surface area contributed by atoms with Crippen LogP contribution in [-0.2, 0) is 0 Å². The van der Waals surface area contributed by atoms with Crippen molar-refractivity contribution in [3.05, 3.63) is 113 Å². The number of aromatic nitrogens is 2. The molecule has 0 aliphatic heterocycles. The molecule has 5 rings (SSSR count). The van der Waals surface area contributed by atoms with E-state index < -0.39 is 0 Å². The number of fused-ring (bicyclic) bond motifs is 1. The summed E-state index contributed by atoms with van der Waals surface area (Å²) in [6.45, 7) is 1.81. The van der Waals surface area contributed by atoms with E-state index in [9.17, 15) is 10.1 Å². The number of anilines is 3. The highest BCUT2D eigenvalue weighted by Crippen LogP contribution is 2.31. The Hall–Kier alpha value is -4.98. The highest BCUT2D eigenvalue weighted by atomic mass is 35.5. The Morgan fingerprint density at radius 2 is 1.86 bits per heavy atom. The van der Waals surface area contributed by atoms with Gasteiger partial charge >= 0.3 is 0 Å². The molecule has 0 aliphatic carbocycles. The van der Waals surface area contributed by atoms with Gasteiger partial charge in [0.05, 0.1) is 34.2 Å². The van der Waals surface area contributed by atoms with Gasteiger partial charge in [-0.25, -0.2) is 4.52 Å². The number of halogens is 1. The van der Waals surface area contributed by atoms with Crippen molar-refractivity contribution in [1.29, 1.82) is 5.26 Å². The molecule has 0 spiro atoms. The third-order valence-electron chi connectivity index (χ3n) is 5.48. The maximum absolute atomic E-state index is 13.0. The summed E-state index contributed by atoms with van der Waals surface area (Å²) in [6.07, 6.45) is 3.08. The second-order valence-electron chi connectivity index (χ2n) is 7.87. The SMILES string of the molecule is Cc1c(C(=O)Nc2ccc(Cl)cc2)cn2ncc(C#N)c(Nc3c#cc(Oc4ccccc4)cc3)c12. The molecule has 7 nitrogen and oxygen atoms in total. The van der Waals surface area contributed by atoms with Crippen molar-refractivity contribution < 1.29 is 9.53 Å². The predicted octanol–water partition coefficient (Wildman–Crippen LogP) is 6.56. The zero-order chi connectivity index (χ0) is 25.1. The molecule has 2 N–H and O–H groups in total. The van der Waals surface area contributed by atoms with E-state index in [-0.39, 0.29) is 5.91 Å². The second-order valence-corrected chi connectivity index (χ2v) is 8.30. The van der Waals surface area contributed by atoms with E-state index in [0.29, 0.717) is 55.8 Å². The summed E-state index contributed by atoms with van der Waals surface area (Å²) in [4.78, 5) is 13.0. The van der Waals surface area contributed by atoms with Gasteiger partial charge in [-0.15, -0.1) is 0 Å². The summed E-state index contributed by atoms with van der Waals surface area (Å²) in [6, 6.07) is 27.9. The molecule has 0 fully saturated rings. The van der Waals surface area contributed by atoms with Crippen LogP contribution < -0.4 is 15.4 Å². The first kappa shape index (κ1) is 22.8. The van der Waals surface area contributed by atoms with Crippen LogP contribution in [0.3, 0.4) is 0 Å². The van der Waals surface area contributed by atoms with E-state index in [1.54, 1.807) is 47.1 Å². The minimum absolute atomic E-state index is 0.299. The van der Waals surface area contributed by atoms with Crippen LogP contribution in [0.1, 0.15) is 21.5 Å². The number of aryl methyl sites for hydroxylation is 1. The number of hydrogen-bond acceptors (Lipinski definition) is 5. The van der Waals surface area contributed by atoms with Crippen molar-refractivity contribution in [2.45, 2.75) is 6.92 Å². The Balaban J connectivity index is 1.44. The van der Waals surface area contributed by atoms with Gasteiger partial charge in [0, 0.05) is 16.9 Å². The number of para-hydroxylation sites is 1. The Morgan fingerprint density at radius 1 is 1.08 bits per heavy atom. The largest absolute Gasteiger partial charge is 0.448 e. The summed E-state index contributed by atoms with van der Waals surface area (Å²) in [7, 11) is 0. The Morgan fingerprint density at radius 3 is 2.56 bits per heavy atom. The van der Waals surface area contributed by atoms with Gasteiger partial charge in [-0.3, -0.25) is 4.79 Å². The molecule has 5 aromatic rings. The Bertz CT molecular complexity index is 1590. The molecule has 174 valence electrons. The first-order valence-corrected chi connectivity index (χ1v) is 11.3. The van der Waals surface area contributed by atoms with Crippen LogP contribution in [-0.4, -0.2) is 15.5 Å². The van der Waals surface area contributed by atoms with Crippen molar-refractivity contribution >= 4 is 40.1 Å². The molecule has 0 atom stereocenters. The van der Waals surface area contributed by atoms with E-state index in [2.05, 4.69) is 33.9 Å². The Labute approximate surface area is 212 Å². The van der Waals surface area contributed by atoms with Crippen LogP contribution in [0.4, 0.5) is 17.1 Å². The van der Waals surface area contributed by atoms with Crippen molar-refractivity contribution in [2.75, 3.05) is 10.6 Å². The molecule has 1 amide bonds. The average Bonchev–Trinajstić information content (AvgIpc) is 3.24. The van der Waals surface area contributed by atoms with Gasteiger partial charge in [-0.2, -0.15) is 10.4 Å². The number of nitrogens with one attached hydrogen (secondary N) is 2. The normalized spacial score (nSPS) is 10.4. The molecule has 2 heterocycles. The number of carbonyl (C=O) groups is 1. The molecule has 0 unspecified atom stereocenters. The van der Waals surface area contributed by atoms with Crippen LogP contribution in [0.2, 0.25) is 5.02 Å². The van der Waals surface area contributed by atoms with Crippen molar-refractivity contribution in [3.8, 4) is 17.6 Å². The van der Waals surface area contributed by atoms with Gasteiger partial charge in [0.25, 0.3) is 5.91 Å². The predicted molar refractivity (Wildman–Crippen MR) is 138 cm³/mol. The molecule has 3 aromatic carbocycles. The van der Waals surface area contributed by atoms with Crippen molar-refractivity contribution in [3.63, 3.8) is 0 Å². The lowest BCUT2D eigenvalue weighted by Crippen LogP contribution is -2.12. The van der Waals surface area contributed by atoms with Gasteiger partial charge in [0.2, 0.25) is 0 Å². The van der Waals surface area contributed by atoms with Crippen LogP contribution in [0, 0.1) is 30.4 Å². The number of nitriles is 1.